The van der Waals surface area contributed by atoms with Crippen LogP contribution in [0.25, 0.3) is 11.1 Å². The fourth-order valence-corrected chi connectivity index (χ4v) is 6.24. The maximum atomic E-state index is 13.4. The van der Waals surface area contributed by atoms with Crippen molar-refractivity contribution in [1.29, 1.82) is 5.26 Å². The molecule has 2 aliphatic rings. The van der Waals surface area contributed by atoms with Gasteiger partial charge >= 0.3 is 0 Å². The molecule has 0 bridgehead atoms. The summed E-state index contributed by atoms with van der Waals surface area (Å²) in [6, 6.07) is 31.6. The third kappa shape index (κ3) is 7.64. The number of benzene rings is 4. The highest BCUT2D eigenvalue weighted by Gasteiger charge is 2.33. The van der Waals surface area contributed by atoms with Gasteiger partial charge in [0, 0.05) is 44.2 Å². The summed E-state index contributed by atoms with van der Waals surface area (Å²) in [5, 5.41) is 12.4. The van der Waals surface area contributed by atoms with Crippen molar-refractivity contribution in [1.82, 2.24) is 4.90 Å². The van der Waals surface area contributed by atoms with Crippen LogP contribution >= 0.6 is 0 Å². The molecule has 0 aromatic heterocycles. The van der Waals surface area contributed by atoms with Crippen molar-refractivity contribution in [2.24, 2.45) is 11.7 Å². The van der Waals surface area contributed by atoms with Crippen LogP contribution in [0.2, 0.25) is 0 Å². The van der Waals surface area contributed by atoms with E-state index in [0.29, 0.717) is 30.8 Å². The molecule has 0 unspecified atom stereocenters. The van der Waals surface area contributed by atoms with E-state index in [2.05, 4.69) is 64.8 Å². The lowest BCUT2D eigenvalue weighted by Gasteiger charge is -2.26. The van der Waals surface area contributed by atoms with Gasteiger partial charge in [0.15, 0.2) is 0 Å². The molecule has 7 nitrogen and oxygen atoms in total. The van der Waals surface area contributed by atoms with Gasteiger partial charge in [0.1, 0.15) is 0 Å². The van der Waals surface area contributed by atoms with Crippen LogP contribution in [-0.4, -0.2) is 29.8 Å². The minimum atomic E-state index is -0.209. The lowest BCUT2D eigenvalue weighted by atomic mass is 10.0. The Kier molecular flexibility index (Phi) is 9.76. The summed E-state index contributed by atoms with van der Waals surface area (Å²) in [4.78, 5) is 31.1. The van der Waals surface area contributed by atoms with Crippen LogP contribution in [0, 0.1) is 17.2 Å². The summed E-state index contributed by atoms with van der Waals surface area (Å²) in [7, 11) is 0. The normalized spacial score (nSPS) is 14.7. The van der Waals surface area contributed by atoms with Crippen LogP contribution in [-0.2, 0) is 24.4 Å². The summed E-state index contributed by atoms with van der Waals surface area (Å²) in [5.74, 6) is 0.118. The standard InChI is InChI=1S/C39H41N5O2/c40-24-28-11-13-32(14-12-28)38(45)42-36-23-35(17-18-37(36)43-19-3-1-2-4-20-43)34-10-6-9-31(22-34)27-44(39(46)33-15-16-33)26-30-8-5-7-29(21-30)25-41/h5-14,17-18,21-23,33H,1-4,15-16,19-20,25-27,41H2,(H,42,45). The zero-order chi connectivity index (χ0) is 31.9. The summed E-state index contributed by atoms with van der Waals surface area (Å²) in [6.07, 6.45) is 6.59. The maximum absolute atomic E-state index is 13.4. The van der Waals surface area contributed by atoms with Gasteiger partial charge in [0.25, 0.3) is 5.91 Å². The predicted molar refractivity (Wildman–Crippen MR) is 183 cm³/mol. The summed E-state index contributed by atoms with van der Waals surface area (Å²) in [5.41, 5.74) is 13.9. The molecule has 0 radical (unpaired) electrons. The van der Waals surface area contributed by atoms with Crippen molar-refractivity contribution < 1.29 is 9.59 Å². The Balaban J connectivity index is 1.28. The molecule has 4 aromatic rings. The fraction of sp³-hybridized carbons (Fsp3) is 0.308. The lowest BCUT2D eigenvalue weighted by molar-refractivity contribution is -0.133. The fourth-order valence-electron chi connectivity index (χ4n) is 6.24. The molecule has 7 heteroatoms. The van der Waals surface area contributed by atoms with E-state index in [0.717, 1.165) is 78.0 Å². The SMILES string of the molecule is N#Cc1ccc(C(=O)Nc2cc(-c3cccc(CN(Cc4cccc(CN)c4)C(=O)C4CC4)c3)ccc2N2CCCCCC2)cc1. The molecule has 2 fully saturated rings. The second-order valence-electron chi connectivity index (χ2n) is 12.5. The molecule has 1 aliphatic carbocycles. The zero-order valence-electron chi connectivity index (χ0n) is 26.3. The second kappa shape index (κ2) is 14.4. The largest absolute Gasteiger partial charge is 0.370 e. The Morgan fingerprint density at radius 2 is 1.46 bits per heavy atom. The number of nitrogens with two attached hydrogens (primary N) is 1. The molecule has 1 saturated heterocycles. The van der Waals surface area contributed by atoms with Crippen LogP contribution in [0.3, 0.4) is 0 Å². The Bertz CT molecular complexity index is 1730. The van der Waals surface area contributed by atoms with E-state index < -0.39 is 0 Å². The minimum absolute atomic E-state index is 0.120. The number of hydrogen-bond acceptors (Lipinski definition) is 5. The van der Waals surface area contributed by atoms with Gasteiger partial charge in [-0.05, 0) is 96.0 Å². The summed E-state index contributed by atoms with van der Waals surface area (Å²) >= 11 is 0. The molecule has 2 amide bonds. The highest BCUT2D eigenvalue weighted by Crippen LogP contribution is 2.35. The Morgan fingerprint density at radius 3 is 2.13 bits per heavy atom. The molecule has 6 rings (SSSR count). The molecule has 234 valence electrons. The van der Waals surface area contributed by atoms with E-state index in [9.17, 15) is 14.9 Å². The number of rotatable bonds is 10. The second-order valence-corrected chi connectivity index (χ2v) is 12.5. The van der Waals surface area contributed by atoms with Gasteiger partial charge in [-0.2, -0.15) is 5.26 Å². The summed E-state index contributed by atoms with van der Waals surface area (Å²) < 4.78 is 0. The Hall–Kier alpha value is -4.93. The van der Waals surface area contributed by atoms with Crippen molar-refractivity contribution in [3.63, 3.8) is 0 Å². The van der Waals surface area contributed by atoms with E-state index in [1.807, 2.05) is 23.1 Å². The number of carbonyl (C=O) groups excluding carboxylic acids is 2. The van der Waals surface area contributed by atoms with Crippen LogP contribution in [0.5, 0.6) is 0 Å². The van der Waals surface area contributed by atoms with Crippen molar-refractivity contribution in [3.05, 3.63) is 119 Å². The molecule has 1 saturated carbocycles. The first-order valence-corrected chi connectivity index (χ1v) is 16.4. The van der Waals surface area contributed by atoms with Gasteiger partial charge in [0.05, 0.1) is 23.0 Å². The molecule has 46 heavy (non-hydrogen) atoms. The first kappa shape index (κ1) is 31.1. The number of nitriles is 1. The van der Waals surface area contributed by atoms with Gasteiger partial charge in [-0.3, -0.25) is 9.59 Å². The number of amides is 2. The van der Waals surface area contributed by atoms with Crippen LogP contribution in [0.4, 0.5) is 11.4 Å². The van der Waals surface area contributed by atoms with E-state index in [1.54, 1.807) is 24.3 Å². The smallest absolute Gasteiger partial charge is 0.255 e. The molecule has 3 N–H and O–H groups in total. The summed E-state index contributed by atoms with van der Waals surface area (Å²) in [6.45, 7) is 3.44. The van der Waals surface area contributed by atoms with Crippen molar-refractivity contribution in [2.75, 3.05) is 23.3 Å². The molecule has 1 heterocycles. The molecular formula is C39H41N5O2. The van der Waals surface area contributed by atoms with Gasteiger partial charge in [-0.1, -0.05) is 61.4 Å². The molecule has 0 spiro atoms. The minimum Gasteiger partial charge on any atom is -0.370 e. The van der Waals surface area contributed by atoms with Crippen molar-refractivity contribution in [3.8, 4) is 17.2 Å². The lowest BCUT2D eigenvalue weighted by Crippen LogP contribution is -2.31. The van der Waals surface area contributed by atoms with Crippen LogP contribution in [0.1, 0.15) is 71.1 Å². The average molecular weight is 612 g/mol. The average Bonchev–Trinajstić information content (AvgIpc) is 3.96. The number of hydrogen-bond donors (Lipinski definition) is 2. The van der Waals surface area contributed by atoms with Gasteiger partial charge < -0.3 is 20.9 Å². The first-order chi connectivity index (χ1) is 22.5. The highest BCUT2D eigenvalue weighted by atomic mass is 16.2. The maximum Gasteiger partial charge on any atom is 0.255 e. The van der Waals surface area contributed by atoms with Gasteiger partial charge in [-0.25, -0.2) is 0 Å². The molecule has 0 atom stereocenters. The van der Waals surface area contributed by atoms with E-state index in [4.69, 9.17) is 5.73 Å². The molecule has 4 aromatic carbocycles. The monoisotopic (exact) mass is 611 g/mol. The number of carbonyl (C=O) groups is 2. The third-order valence-corrected chi connectivity index (χ3v) is 8.94. The highest BCUT2D eigenvalue weighted by molar-refractivity contribution is 6.06. The van der Waals surface area contributed by atoms with E-state index >= 15 is 0 Å². The topological polar surface area (TPSA) is 102 Å². The van der Waals surface area contributed by atoms with Gasteiger partial charge in [0.2, 0.25) is 5.91 Å². The van der Waals surface area contributed by atoms with Gasteiger partial charge in [-0.15, -0.1) is 0 Å². The number of anilines is 2. The predicted octanol–water partition coefficient (Wildman–Crippen LogP) is 7.26. The zero-order valence-corrected chi connectivity index (χ0v) is 26.3. The Morgan fingerprint density at radius 1 is 0.804 bits per heavy atom. The molecular weight excluding hydrogens is 570 g/mol. The number of nitrogens with zero attached hydrogens (tertiary/aromatic N) is 3. The van der Waals surface area contributed by atoms with Crippen LogP contribution < -0.4 is 16.0 Å². The number of nitrogens with one attached hydrogen (secondary N) is 1. The quantitative estimate of drug-likeness (QED) is 0.197. The van der Waals surface area contributed by atoms with E-state index in [1.165, 1.54) is 12.8 Å². The van der Waals surface area contributed by atoms with Crippen molar-refractivity contribution >= 4 is 23.2 Å². The first-order valence-electron chi connectivity index (χ1n) is 16.4. The van der Waals surface area contributed by atoms with E-state index in [-0.39, 0.29) is 17.7 Å². The van der Waals surface area contributed by atoms with Crippen LogP contribution in [0.15, 0.2) is 91.0 Å². The molecule has 1 aliphatic heterocycles. The van der Waals surface area contributed by atoms with Crippen molar-refractivity contribution in [2.45, 2.75) is 58.2 Å². The third-order valence-electron chi connectivity index (χ3n) is 8.94. The Labute approximate surface area is 271 Å².